The van der Waals surface area contributed by atoms with Crippen molar-refractivity contribution >= 4 is 11.6 Å². The second-order valence-corrected chi connectivity index (χ2v) is 7.48. The highest BCUT2D eigenvalue weighted by Gasteiger charge is 2.05. The van der Waals surface area contributed by atoms with E-state index in [1.54, 1.807) is 31.5 Å². The SMILES string of the molecule is COc1ccc(NCCNC(=O)c2ccc(OC/C=C(\C)CCC=C(C)C)cc2)cn1. The maximum atomic E-state index is 12.3. The van der Waals surface area contributed by atoms with Gasteiger partial charge >= 0.3 is 0 Å². The van der Waals surface area contributed by atoms with Gasteiger partial charge in [0.1, 0.15) is 12.4 Å². The van der Waals surface area contributed by atoms with Gasteiger partial charge in [-0.25, -0.2) is 4.98 Å². The van der Waals surface area contributed by atoms with Crippen molar-refractivity contribution in [3.8, 4) is 11.6 Å². The van der Waals surface area contributed by atoms with Crippen molar-refractivity contribution in [1.29, 1.82) is 0 Å². The highest BCUT2D eigenvalue weighted by molar-refractivity contribution is 5.94. The Hall–Kier alpha value is -3.28. The summed E-state index contributed by atoms with van der Waals surface area (Å²) in [4.78, 5) is 16.4. The number of pyridine rings is 1. The van der Waals surface area contributed by atoms with Crippen molar-refractivity contribution in [2.24, 2.45) is 0 Å². The summed E-state index contributed by atoms with van der Waals surface area (Å²) in [5, 5.41) is 6.10. The largest absolute Gasteiger partial charge is 0.490 e. The van der Waals surface area contributed by atoms with Crippen molar-refractivity contribution in [2.45, 2.75) is 33.6 Å². The van der Waals surface area contributed by atoms with Crippen molar-refractivity contribution in [3.63, 3.8) is 0 Å². The number of ether oxygens (including phenoxy) is 2. The maximum absolute atomic E-state index is 12.3. The normalized spacial score (nSPS) is 10.9. The summed E-state index contributed by atoms with van der Waals surface area (Å²) in [6.07, 6.45) is 8.14. The van der Waals surface area contributed by atoms with Gasteiger partial charge in [-0.15, -0.1) is 0 Å². The summed E-state index contributed by atoms with van der Waals surface area (Å²) in [6.45, 7) is 7.97. The van der Waals surface area contributed by atoms with Crippen LogP contribution in [0, 0.1) is 0 Å². The molecule has 2 rings (SSSR count). The van der Waals surface area contributed by atoms with E-state index in [2.05, 4.69) is 48.5 Å². The lowest BCUT2D eigenvalue weighted by atomic mass is 10.1. The van der Waals surface area contributed by atoms with Crippen LogP contribution in [-0.2, 0) is 0 Å². The van der Waals surface area contributed by atoms with Gasteiger partial charge in [0.25, 0.3) is 5.91 Å². The molecule has 6 nitrogen and oxygen atoms in total. The fourth-order valence-electron chi connectivity index (χ4n) is 2.76. The minimum Gasteiger partial charge on any atom is -0.490 e. The van der Waals surface area contributed by atoms with Crippen LogP contribution in [0.25, 0.3) is 0 Å². The molecule has 0 aliphatic heterocycles. The molecule has 1 aromatic heterocycles. The molecule has 1 amide bonds. The summed E-state index contributed by atoms with van der Waals surface area (Å²) >= 11 is 0. The lowest BCUT2D eigenvalue weighted by Crippen LogP contribution is -2.28. The highest BCUT2D eigenvalue weighted by atomic mass is 16.5. The highest BCUT2D eigenvalue weighted by Crippen LogP contribution is 2.13. The van der Waals surface area contributed by atoms with Crippen LogP contribution in [-0.4, -0.2) is 37.7 Å². The first-order chi connectivity index (χ1) is 15.0. The standard InChI is InChI=1S/C25H33N3O3/c1-19(2)6-5-7-20(3)14-17-31-23-11-8-21(9-12-23)25(29)27-16-15-26-22-10-13-24(30-4)28-18-22/h6,8-14,18,26H,5,7,15-17H2,1-4H3,(H,27,29)/b20-14+. The number of hydrogen-bond donors (Lipinski definition) is 2. The molecule has 1 heterocycles. The average Bonchev–Trinajstić information content (AvgIpc) is 2.77. The van der Waals surface area contributed by atoms with Gasteiger partial charge in [0.2, 0.25) is 5.88 Å². The van der Waals surface area contributed by atoms with Crippen molar-refractivity contribution < 1.29 is 14.3 Å². The van der Waals surface area contributed by atoms with E-state index in [0.717, 1.165) is 24.3 Å². The van der Waals surface area contributed by atoms with Gasteiger partial charge in [-0.2, -0.15) is 0 Å². The van der Waals surface area contributed by atoms with Gasteiger partial charge in [0, 0.05) is 24.7 Å². The first-order valence-electron chi connectivity index (χ1n) is 10.5. The predicted molar refractivity (Wildman–Crippen MR) is 126 cm³/mol. The molecule has 0 aliphatic carbocycles. The number of rotatable bonds is 12. The molecule has 2 N–H and O–H groups in total. The zero-order valence-electron chi connectivity index (χ0n) is 18.9. The average molecular weight is 424 g/mol. The molecule has 31 heavy (non-hydrogen) atoms. The third kappa shape index (κ3) is 9.38. The fraction of sp³-hybridized carbons (Fsp3) is 0.360. The Labute approximate surface area is 185 Å². The number of benzene rings is 1. The quantitative estimate of drug-likeness (QED) is 0.371. The second kappa shape index (κ2) is 13.1. The number of allylic oxidation sites excluding steroid dienone is 3. The molecule has 6 heteroatoms. The van der Waals surface area contributed by atoms with Crippen LogP contribution in [0.2, 0.25) is 0 Å². The molecule has 0 saturated heterocycles. The van der Waals surface area contributed by atoms with Crippen LogP contribution in [0.4, 0.5) is 5.69 Å². The monoisotopic (exact) mass is 423 g/mol. The molecule has 0 unspecified atom stereocenters. The summed E-state index contributed by atoms with van der Waals surface area (Å²) < 4.78 is 10.8. The van der Waals surface area contributed by atoms with Crippen molar-refractivity contribution in [1.82, 2.24) is 10.3 Å². The second-order valence-electron chi connectivity index (χ2n) is 7.48. The Morgan fingerprint density at radius 3 is 2.45 bits per heavy atom. The van der Waals surface area contributed by atoms with Gasteiger partial charge in [0.15, 0.2) is 0 Å². The minimum absolute atomic E-state index is 0.115. The minimum atomic E-state index is -0.115. The van der Waals surface area contributed by atoms with Crippen LogP contribution in [0.3, 0.4) is 0 Å². The van der Waals surface area contributed by atoms with Crippen LogP contribution in [0.5, 0.6) is 11.6 Å². The topological polar surface area (TPSA) is 72.5 Å². The molecule has 0 bridgehead atoms. The first-order valence-corrected chi connectivity index (χ1v) is 10.5. The molecule has 0 spiro atoms. The molecule has 0 atom stereocenters. The van der Waals surface area contributed by atoms with Crippen molar-refractivity contribution in [2.75, 3.05) is 32.1 Å². The molecule has 0 radical (unpaired) electrons. The molecular formula is C25H33N3O3. The Kier molecular flexibility index (Phi) is 10.1. The number of carbonyl (C=O) groups excluding carboxylic acids is 1. The van der Waals surface area contributed by atoms with Crippen LogP contribution >= 0.6 is 0 Å². The number of anilines is 1. The number of aromatic nitrogens is 1. The Morgan fingerprint density at radius 1 is 1.03 bits per heavy atom. The number of amides is 1. The van der Waals surface area contributed by atoms with E-state index in [1.165, 1.54) is 11.1 Å². The van der Waals surface area contributed by atoms with Gasteiger partial charge in [-0.3, -0.25) is 4.79 Å². The van der Waals surface area contributed by atoms with Gasteiger partial charge in [-0.1, -0.05) is 17.2 Å². The Morgan fingerprint density at radius 2 is 1.81 bits per heavy atom. The first kappa shape index (κ1) is 24.0. The summed E-state index contributed by atoms with van der Waals surface area (Å²) in [6, 6.07) is 10.9. The zero-order chi connectivity index (χ0) is 22.5. The summed E-state index contributed by atoms with van der Waals surface area (Å²) in [5.41, 5.74) is 4.14. The number of nitrogens with one attached hydrogen (secondary N) is 2. The van der Waals surface area contributed by atoms with Gasteiger partial charge in [0.05, 0.1) is 19.0 Å². The van der Waals surface area contributed by atoms with Crippen LogP contribution < -0.4 is 20.1 Å². The molecule has 1 aromatic carbocycles. The smallest absolute Gasteiger partial charge is 0.251 e. The third-order valence-corrected chi connectivity index (χ3v) is 4.57. The van der Waals surface area contributed by atoms with Gasteiger partial charge in [-0.05, 0) is 70.0 Å². The van der Waals surface area contributed by atoms with E-state index in [0.29, 0.717) is 31.1 Å². The Bertz CT molecular complexity index is 868. The number of carbonyl (C=O) groups is 1. The number of hydrogen-bond acceptors (Lipinski definition) is 5. The molecule has 0 saturated carbocycles. The van der Waals surface area contributed by atoms with E-state index in [4.69, 9.17) is 9.47 Å². The Balaban J connectivity index is 1.69. The van der Waals surface area contributed by atoms with E-state index in [1.807, 2.05) is 18.2 Å². The lowest BCUT2D eigenvalue weighted by Gasteiger charge is -2.09. The molecule has 0 aliphatic rings. The number of methoxy groups -OCH3 is 1. The number of nitrogens with zero attached hydrogens (tertiary/aromatic N) is 1. The lowest BCUT2D eigenvalue weighted by molar-refractivity contribution is 0.0955. The van der Waals surface area contributed by atoms with Crippen molar-refractivity contribution in [3.05, 3.63) is 71.5 Å². The van der Waals surface area contributed by atoms with Gasteiger partial charge < -0.3 is 20.1 Å². The molecule has 0 fully saturated rings. The fourth-order valence-corrected chi connectivity index (χ4v) is 2.76. The van der Waals surface area contributed by atoms with Crippen LogP contribution in [0.15, 0.2) is 65.9 Å². The third-order valence-electron chi connectivity index (χ3n) is 4.57. The molecule has 166 valence electrons. The van der Waals surface area contributed by atoms with E-state index in [9.17, 15) is 4.79 Å². The maximum Gasteiger partial charge on any atom is 0.251 e. The zero-order valence-corrected chi connectivity index (χ0v) is 18.9. The summed E-state index contributed by atoms with van der Waals surface area (Å²) in [5.74, 6) is 1.20. The predicted octanol–water partition coefficient (Wildman–Crippen LogP) is 5.00. The van der Waals surface area contributed by atoms with Crippen LogP contribution in [0.1, 0.15) is 44.0 Å². The molecular weight excluding hydrogens is 390 g/mol. The van der Waals surface area contributed by atoms with E-state index < -0.39 is 0 Å². The summed E-state index contributed by atoms with van der Waals surface area (Å²) in [7, 11) is 1.58. The van der Waals surface area contributed by atoms with E-state index in [-0.39, 0.29) is 5.91 Å². The van der Waals surface area contributed by atoms with E-state index >= 15 is 0 Å². The molecule has 2 aromatic rings.